The molecule has 0 fully saturated rings. The molecule has 2 atom stereocenters. The third-order valence-corrected chi connectivity index (χ3v) is 6.10. The van der Waals surface area contributed by atoms with Gasteiger partial charge < -0.3 is 25.0 Å². The number of hydrogen-bond donors (Lipinski definition) is 3. The van der Waals surface area contributed by atoms with Crippen LogP contribution in [0, 0.1) is 11.8 Å². The monoisotopic (exact) mass is 495 g/mol. The van der Waals surface area contributed by atoms with Gasteiger partial charge in [0.05, 0.1) is 12.6 Å². The van der Waals surface area contributed by atoms with Gasteiger partial charge in [0.2, 0.25) is 0 Å². The highest BCUT2D eigenvalue weighted by atomic mass is 32.1. The summed E-state index contributed by atoms with van der Waals surface area (Å²) >= 11 is 1.66. The highest BCUT2D eigenvalue weighted by Crippen LogP contribution is 2.29. The van der Waals surface area contributed by atoms with Gasteiger partial charge in [-0.3, -0.25) is 0 Å². The van der Waals surface area contributed by atoms with Gasteiger partial charge in [-0.25, -0.2) is 9.59 Å². The van der Waals surface area contributed by atoms with Crippen molar-refractivity contribution in [3.8, 4) is 11.8 Å². The molecule has 7 nitrogen and oxygen atoms in total. The topological polar surface area (TPSA) is 107 Å². The lowest BCUT2D eigenvalue weighted by molar-refractivity contribution is -0.134. The molecule has 0 radical (unpaired) electrons. The molecule has 0 spiro atoms. The van der Waals surface area contributed by atoms with E-state index in [1.54, 1.807) is 18.4 Å². The summed E-state index contributed by atoms with van der Waals surface area (Å²) in [6, 6.07) is 2.06. The van der Waals surface area contributed by atoms with E-state index in [4.69, 9.17) is 14.9 Å². The number of methoxy groups -OCH3 is 1. The van der Waals surface area contributed by atoms with Gasteiger partial charge >= 0.3 is 11.9 Å². The van der Waals surface area contributed by atoms with Crippen molar-refractivity contribution in [2.75, 3.05) is 27.8 Å². The maximum absolute atomic E-state index is 9.63. The number of carboxylic acid groups (broad SMARTS) is 2. The van der Waals surface area contributed by atoms with Crippen LogP contribution in [0.3, 0.4) is 0 Å². The van der Waals surface area contributed by atoms with E-state index in [-0.39, 0.29) is 18.8 Å². The van der Waals surface area contributed by atoms with Gasteiger partial charge in [-0.1, -0.05) is 63.7 Å². The van der Waals surface area contributed by atoms with Crippen molar-refractivity contribution in [2.24, 2.45) is 0 Å². The Kier molecular flexibility index (Phi) is 18.9. The van der Waals surface area contributed by atoms with E-state index in [1.165, 1.54) is 51.4 Å². The second-order valence-electron chi connectivity index (χ2n) is 8.14. The smallest absolute Gasteiger partial charge is 0.328 e. The SMILES string of the molecule is CCCCCCCCCCC#Cc1csc(C(OC)C(CO)N(C)C)c1.O=C(O)/C=C\C(=O)O. The van der Waals surface area contributed by atoms with Crippen molar-refractivity contribution in [3.63, 3.8) is 0 Å². The molecule has 0 aliphatic carbocycles. The van der Waals surface area contributed by atoms with Crippen LogP contribution in [0.4, 0.5) is 0 Å². The Bertz CT molecular complexity index is 762. The molecule has 3 N–H and O–H groups in total. The third kappa shape index (κ3) is 15.6. The molecule has 0 aromatic carbocycles. The van der Waals surface area contributed by atoms with Gasteiger partial charge in [-0.05, 0) is 26.6 Å². The van der Waals surface area contributed by atoms with Gasteiger partial charge in [0, 0.05) is 41.5 Å². The molecule has 1 heterocycles. The zero-order chi connectivity index (χ0) is 25.8. The summed E-state index contributed by atoms with van der Waals surface area (Å²) in [5.74, 6) is 4.07. The minimum atomic E-state index is -1.26. The van der Waals surface area contributed by atoms with Crippen molar-refractivity contribution >= 4 is 23.3 Å². The maximum Gasteiger partial charge on any atom is 0.328 e. The fourth-order valence-electron chi connectivity index (χ4n) is 3.21. The Hall–Kier alpha value is -2.18. The van der Waals surface area contributed by atoms with E-state index < -0.39 is 11.9 Å². The molecule has 0 saturated heterocycles. The van der Waals surface area contributed by atoms with Crippen LogP contribution in [0.2, 0.25) is 0 Å². The van der Waals surface area contributed by atoms with Crippen LogP contribution in [-0.2, 0) is 14.3 Å². The van der Waals surface area contributed by atoms with Crippen molar-refractivity contribution < 1.29 is 29.6 Å². The molecule has 1 aromatic rings. The molecule has 1 aromatic heterocycles. The number of aliphatic carboxylic acids is 2. The second kappa shape index (κ2) is 20.2. The van der Waals surface area contributed by atoms with E-state index in [0.29, 0.717) is 12.2 Å². The summed E-state index contributed by atoms with van der Waals surface area (Å²) < 4.78 is 5.63. The molecule has 192 valence electrons. The summed E-state index contributed by atoms with van der Waals surface area (Å²) in [4.78, 5) is 22.2. The molecule has 0 amide bonds. The number of likely N-dealkylation sites (N-methyl/N-ethyl adjacent to an activating group) is 1. The number of ether oxygens (including phenoxy) is 1. The molecule has 1 rings (SSSR count). The standard InChI is InChI=1S/C22H37NO2S.C4H4O4/c1-5-6-7-8-9-10-11-12-13-14-15-19-16-21(26-18-19)22(25-4)20(17-24)23(2)3;5-3(6)1-2-4(7)8/h16,18,20,22,24H,5-13,17H2,1-4H3;1-2H,(H,5,6)(H,7,8)/b;2-1-. The first-order valence-electron chi connectivity index (χ1n) is 11.8. The van der Waals surface area contributed by atoms with Crippen molar-refractivity contribution in [1.82, 2.24) is 4.90 Å². The first-order valence-corrected chi connectivity index (χ1v) is 12.7. The van der Waals surface area contributed by atoms with E-state index in [2.05, 4.69) is 30.2 Å². The maximum atomic E-state index is 9.63. The normalized spacial score (nSPS) is 12.5. The number of aliphatic hydroxyl groups excluding tert-OH is 1. The largest absolute Gasteiger partial charge is 0.478 e. The Morgan fingerprint density at radius 2 is 1.62 bits per heavy atom. The summed E-state index contributed by atoms with van der Waals surface area (Å²) in [7, 11) is 5.63. The van der Waals surface area contributed by atoms with Gasteiger partial charge in [0.1, 0.15) is 6.10 Å². The number of carboxylic acids is 2. The number of hydrogen-bond acceptors (Lipinski definition) is 6. The molecule has 0 aliphatic heterocycles. The Morgan fingerprint density at radius 3 is 2.09 bits per heavy atom. The number of thiophene rings is 1. The van der Waals surface area contributed by atoms with E-state index in [0.717, 1.165) is 16.9 Å². The van der Waals surface area contributed by atoms with Crippen LogP contribution in [0.15, 0.2) is 23.6 Å². The Labute approximate surface area is 208 Å². The van der Waals surface area contributed by atoms with Crippen LogP contribution >= 0.6 is 11.3 Å². The lowest BCUT2D eigenvalue weighted by Crippen LogP contribution is -2.37. The zero-order valence-corrected chi connectivity index (χ0v) is 21.8. The van der Waals surface area contributed by atoms with E-state index >= 15 is 0 Å². The molecule has 34 heavy (non-hydrogen) atoms. The van der Waals surface area contributed by atoms with Gasteiger partial charge in [-0.2, -0.15) is 0 Å². The zero-order valence-electron chi connectivity index (χ0n) is 21.0. The first-order chi connectivity index (χ1) is 16.3. The van der Waals surface area contributed by atoms with Crippen LogP contribution in [0.25, 0.3) is 0 Å². The van der Waals surface area contributed by atoms with Crippen LogP contribution in [-0.4, -0.2) is 66.0 Å². The fourth-order valence-corrected chi connectivity index (χ4v) is 4.19. The number of rotatable bonds is 15. The van der Waals surface area contributed by atoms with Gasteiger partial charge in [0.25, 0.3) is 0 Å². The minimum Gasteiger partial charge on any atom is -0.478 e. The van der Waals surface area contributed by atoms with E-state index in [1.807, 2.05) is 19.0 Å². The molecular formula is C26H41NO6S. The Morgan fingerprint density at radius 1 is 1.06 bits per heavy atom. The number of unbranched alkanes of at least 4 members (excludes halogenated alkanes) is 8. The summed E-state index contributed by atoms with van der Waals surface area (Å²) in [6.45, 7) is 2.33. The van der Waals surface area contributed by atoms with Gasteiger partial charge in [-0.15, -0.1) is 11.3 Å². The molecule has 0 saturated carbocycles. The quantitative estimate of drug-likeness (QED) is 0.179. The fraction of sp³-hybridized carbons (Fsp3) is 0.615. The molecule has 8 heteroatoms. The number of nitrogens with zero attached hydrogens (tertiary/aromatic N) is 1. The van der Waals surface area contributed by atoms with Crippen LogP contribution in [0.1, 0.15) is 81.3 Å². The summed E-state index contributed by atoms with van der Waals surface area (Å²) in [6.07, 6.45) is 12.7. The lowest BCUT2D eigenvalue weighted by atomic mass is 10.1. The highest BCUT2D eigenvalue weighted by molar-refractivity contribution is 7.10. The lowest BCUT2D eigenvalue weighted by Gasteiger charge is -2.29. The van der Waals surface area contributed by atoms with Crippen molar-refractivity contribution in [3.05, 3.63) is 34.0 Å². The minimum absolute atomic E-state index is 0.0446. The van der Waals surface area contributed by atoms with Crippen molar-refractivity contribution in [2.45, 2.75) is 76.9 Å². The number of aliphatic hydroxyl groups is 1. The second-order valence-corrected chi connectivity index (χ2v) is 9.09. The first kappa shape index (κ1) is 31.8. The molecule has 2 unspecified atom stereocenters. The third-order valence-electron chi connectivity index (χ3n) is 5.11. The number of carbonyl (C=O) groups is 2. The van der Waals surface area contributed by atoms with Crippen molar-refractivity contribution in [1.29, 1.82) is 0 Å². The molecule has 0 bridgehead atoms. The van der Waals surface area contributed by atoms with E-state index in [9.17, 15) is 14.7 Å². The van der Waals surface area contributed by atoms with Crippen LogP contribution in [0.5, 0.6) is 0 Å². The summed E-state index contributed by atoms with van der Waals surface area (Å²) in [5.41, 5.74) is 1.06. The summed E-state index contributed by atoms with van der Waals surface area (Å²) in [5, 5.41) is 27.3. The van der Waals surface area contributed by atoms with Crippen LogP contribution < -0.4 is 0 Å². The predicted octanol–water partition coefficient (Wildman–Crippen LogP) is 4.95. The molecule has 0 aliphatic rings. The molecular weight excluding hydrogens is 454 g/mol. The predicted molar refractivity (Wildman–Crippen MR) is 137 cm³/mol. The van der Waals surface area contributed by atoms with Gasteiger partial charge in [0.15, 0.2) is 0 Å². The highest BCUT2D eigenvalue weighted by Gasteiger charge is 2.25. The Balaban J connectivity index is 0.00000116. The average molecular weight is 496 g/mol. The average Bonchev–Trinajstić information content (AvgIpc) is 3.25.